The number of carboxylic acids is 1. The molecule has 0 fully saturated rings. The monoisotopic (exact) mass is 360 g/mol. The molecule has 0 aromatic heterocycles. The standard InChI is InChI=1S/C17H13ClN2O5/c1-10(7-11-3-2-4-13(8-11)20(24)25)16(21)19-15-6-5-12(18)9-14(15)17(22)23/h2-9H,1H3,(H,19,21)(H,22,23)/b10-7+. The maximum absolute atomic E-state index is 12.3. The second kappa shape index (κ2) is 7.59. The van der Waals surface area contributed by atoms with E-state index in [0.717, 1.165) is 0 Å². The number of halogens is 1. The highest BCUT2D eigenvalue weighted by Crippen LogP contribution is 2.22. The molecule has 0 aliphatic heterocycles. The second-order valence-electron chi connectivity index (χ2n) is 5.13. The van der Waals surface area contributed by atoms with Crippen molar-refractivity contribution in [3.63, 3.8) is 0 Å². The number of benzene rings is 2. The summed E-state index contributed by atoms with van der Waals surface area (Å²) in [6.07, 6.45) is 1.47. The zero-order valence-electron chi connectivity index (χ0n) is 13.0. The van der Waals surface area contributed by atoms with Crippen molar-refractivity contribution in [2.45, 2.75) is 6.92 Å². The molecule has 25 heavy (non-hydrogen) atoms. The van der Waals surface area contributed by atoms with Gasteiger partial charge in [-0.05, 0) is 36.8 Å². The average molecular weight is 361 g/mol. The van der Waals surface area contributed by atoms with Gasteiger partial charge in [0.2, 0.25) is 0 Å². The van der Waals surface area contributed by atoms with Crippen molar-refractivity contribution in [1.29, 1.82) is 0 Å². The number of aromatic carboxylic acids is 1. The van der Waals surface area contributed by atoms with Crippen molar-refractivity contribution in [1.82, 2.24) is 0 Å². The molecule has 2 aromatic carbocycles. The summed E-state index contributed by atoms with van der Waals surface area (Å²) >= 11 is 5.77. The Balaban J connectivity index is 2.25. The van der Waals surface area contributed by atoms with E-state index in [0.29, 0.717) is 5.56 Å². The predicted molar refractivity (Wildman–Crippen MR) is 93.8 cm³/mol. The zero-order valence-corrected chi connectivity index (χ0v) is 13.8. The van der Waals surface area contributed by atoms with Crippen molar-refractivity contribution >= 4 is 40.9 Å². The maximum atomic E-state index is 12.3. The summed E-state index contributed by atoms with van der Waals surface area (Å²) in [6.45, 7) is 1.52. The van der Waals surface area contributed by atoms with Crippen LogP contribution in [0.25, 0.3) is 6.08 Å². The first kappa shape index (κ1) is 18.2. The summed E-state index contributed by atoms with van der Waals surface area (Å²) in [4.78, 5) is 33.7. The van der Waals surface area contributed by atoms with Gasteiger partial charge in [-0.25, -0.2) is 4.79 Å². The first-order valence-corrected chi connectivity index (χ1v) is 7.42. The van der Waals surface area contributed by atoms with E-state index in [9.17, 15) is 24.8 Å². The van der Waals surface area contributed by atoms with E-state index in [4.69, 9.17) is 11.6 Å². The number of nitrogens with one attached hydrogen (secondary N) is 1. The van der Waals surface area contributed by atoms with E-state index in [-0.39, 0.29) is 27.5 Å². The number of carbonyl (C=O) groups excluding carboxylic acids is 1. The third-order valence-electron chi connectivity index (χ3n) is 3.28. The number of hydrogen-bond donors (Lipinski definition) is 2. The fourth-order valence-electron chi connectivity index (χ4n) is 2.07. The van der Waals surface area contributed by atoms with Gasteiger partial charge in [0.05, 0.1) is 16.2 Å². The van der Waals surface area contributed by atoms with Crippen LogP contribution in [0.4, 0.5) is 11.4 Å². The fourth-order valence-corrected chi connectivity index (χ4v) is 2.24. The molecule has 0 saturated carbocycles. The van der Waals surface area contributed by atoms with Gasteiger partial charge >= 0.3 is 5.97 Å². The Morgan fingerprint density at radius 1 is 1.24 bits per heavy atom. The number of non-ortho nitro benzene ring substituents is 1. The van der Waals surface area contributed by atoms with Gasteiger partial charge in [-0.1, -0.05) is 23.7 Å². The Kier molecular flexibility index (Phi) is 5.51. The van der Waals surface area contributed by atoms with Crippen LogP contribution in [-0.4, -0.2) is 21.9 Å². The van der Waals surface area contributed by atoms with Crippen LogP contribution in [0.5, 0.6) is 0 Å². The fraction of sp³-hybridized carbons (Fsp3) is 0.0588. The van der Waals surface area contributed by atoms with Crippen LogP contribution in [0.2, 0.25) is 5.02 Å². The minimum absolute atomic E-state index is 0.0900. The molecule has 2 aromatic rings. The van der Waals surface area contributed by atoms with E-state index in [2.05, 4.69) is 5.32 Å². The van der Waals surface area contributed by atoms with Crippen molar-refractivity contribution < 1.29 is 19.6 Å². The molecular formula is C17H13ClN2O5. The number of rotatable bonds is 5. The van der Waals surface area contributed by atoms with Crippen LogP contribution in [-0.2, 0) is 4.79 Å². The second-order valence-corrected chi connectivity index (χ2v) is 5.57. The molecule has 0 saturated heterocycles. The maximum Gasteiger partial charge on any atom is 0.337 e. The number of carboxylic acid groups (broad SMARTS) is 1. The quantitative estimate of drug-likeness (QED) is 0.476. The number of nitro benzene ring substituents is 1. The molecular weight excluding hydrogens is 348 g/mol. The highest BCUT2D eigenvalue weighted by molar-refractivity contribution is 6.31. The van der Waals surface area contributed by atoms with Crippen LogP contribution in [0.1, 0.15) is 22.8 Å². The number of hydrogen-bond acceptors (Lipinski definition) is 4. The lowest BCUT2D eigenvalue weighted by Gasteiger charge is -2.09. The number of nitrogens with zero attached hydrogens (tertiary/aromatic N) is 1. The Morgan fingerprint density at radius 2 is 1.96 bits per heavy atom. The van der Waals surface area contributed by atoms with Gasteiger partial charge in [0.15, 0.2) is 0 Å². The summed E-state index contributed by atoms with van der Waals surface area (Å²) in [5, 5.41) is 22.7. The van der Waals surface area contributed by atoms with Crippen molar-refractivity contribution in [3.05, 3.63) is 74.3 Å². The molecule has 0 atom stereocenters. The Morgan fingerprint density at radius 3 is 2.60 bits per heavy atom. The molecule has 2 rings (SSSR count). The topological polar surface area (TPSA) is 110 Å². The Labute approximate surface area is 147 Å². The summed E-state index contributed by atoms with van der Waals surface area (Å²) in [5.74, 6) is -1.76. The third-order valence-corrected chi connectivity index (χ3v) is 3.52. The third kappa shape index (κ3) is 4.65. The Hall–Kier alpha value is -3.19. The molecule has 0 aliphatic carbocycles. The van der Waals surface area contributed by atoms with Crippen molar-refractivity contribution in [3.8, 4) is 0 Å². The first-order chi connectivity index (χ1) is 11.8. The zero-order chi connectivity index (χ0) is 18.6. The number of amides is 1. The van der Waals surface area contributed by atoms with E-state index in [1.807, 2.05) is 0 Å². The van der Waals surface area contributed by atoms with Gasteiger partial charge in [-0.3, -0.25) is 14.9 Å². The molecule has 2 N–H and O–H groups in total. The van der Waals surface area contributed by atoms with Crippen molar-refractivity contribution in [2.75, 3.05) is 5.32 Å². The van der Waals surface area contributed by atoms with E-state index in [1.165, 1.54) is 49.4 Å². The normalized spacial score (nSPS) is 11.0. The molecule has 0 radical (unpaired) electrons. The van der Waals surface area contributed by atoms with E-state index >= 15 is 0 Å². The highest BCUT2D eigenvalue weighted by atomic mass is 35.5. The highest BCUT2D eigenvalue weighted by Gasteiger charge is 2.14. The molecule has 0 aliphatic rings. The largest absolute Gasteiger partial charge is 0.478 e. The van der Waals surface area contributed by atoms with Gasteiger partial charge in [0.25, 0.3) is 11.6 Å². The SMILES string of the molecule is C/C(=C\c1cccc([N+](=O)[O-])c1)C(=O)Nc1ccc(Cl)cc1C(=O)O. The molecule has 8 heteroatoms. The predicted octanol–water partition coefficient (Wildman–Crippen LogP) is 3.99. The average Bonchev–Trinajstić information content (AvgIpc) is 2.56. The summed E-state index contributed by atoms with van der Waals surface area (Å²) in [7, 11) is 0. The van der Waals surface area contributed by atoms with Gasteiger partial charge in [-0.15, -0.1) is 0 Å². The summed E-state index contributed by atoms with van der Waals surface area (Å²) in [6, 6.07) is 9.90. The van der Waals surface area contributed by atoms with Crippen LogP contribution in [0.3, 0.4) is 0 Å². The number of anilines is 1. The van der Waals surface area contributed by atoms with E-state index < -0.39 is 16.8 Å². The lowest BCUT2D eigenvalue weighted by Crippen LogP contribution is -2.15. The number of carbonyl (C=O) groups is 2. The molecule has 1 amide bonds. The van der Waals surface area contributed by atoms with Crippen LogP contribution >= 0.6 is 11.6 Å². The van der Waals surface area contributed by atoms with Crippen LogP contribution < -0.4 is 5.32 Å². The minimum Gasteiger partial charge on any atom is -0.478 e. The smallest absolute Gasteiger partial charge is 0.337 e. The van der Waals surface area contributed by atoms with Gasteiger partial charge < -0.3 is 10.4 Å². The molecule has 128 valence electrons. The Bertz CT molecular complexity index is 892. The van der Waals surface area contributed by atoms with Crippen LogP contribution in [0, 0.1) is 10.1 Å². The van der Waals surface area contributed by atoms with E-state index in [1.54, 1.807) is 6.07 Å². The van der Waals surface area contributed by atoms with Crippen molar-refractivity contribution in [2.24, 2.45) is 0 Å². The van der Waals surface area contributed by atoms with Gasteiger partial charge in [0, 0.05) is 22.7 Å². The molecule has 0 bridgehead atoms. The lowest BCUT2D eigenvalue weighted by atomic mass is 10.1. The molecule has 0 unspecified atom stereocenters. The van der Waals surface area contributed by atoms with Crippen LogP contribution in [0.15, 0.2) is 48.0 Å². The lowest BCUT2D eigenvalue weighted by molar-refractivity contribution is -0.384. The molecule has 0 heterocycles. The molecule has 7 nitrogen and oxygen atoms in total. The summed E-state index contributed by atoms with van der Waals surface area (Å²) in [5.41, 5.74) is 0.619. The minimum atomic E-state index is -1.22. The number of nitro groups is 1. The first-order valence-electron chi connectivity index (χ1n) is 7.05. The summed E-state index contributed by atoms with van der Waals surface area (Å²) < 4.78 is 0. The van der Waals surface area contributed by atoms with Gasteiger partial charge in [-0.2, -0.15) is 0 Å². The van der Waals surface area contributed by atoms with Gasteiger partial charge in [0.1, 0.15) is 0 Å². The molecule has 0 spiro atoms.